The van der Waals surface area contributed by atoms with Crippen LogP contribution < -0.4 is 16.0 Å². The third-order valence-electron chi connectivity index (χ3n) is 12.8. The van der Waals surface area contributed by atoms with Crippen LogP contribution in [0.2, 0.25) is 0 Å². The number of carboxylic acids is 2. The molecule has 1 rings (SSSR count). The van der Waals surface area contributed by atoms with Crippen molar-refractivity contribution in [3.8, 4) is 0 Å². The Balaban J connectivity index is 1.96. The largest absolute Gasteiger partial charge is 0.481 e. The van der Waals surface area contributed by atoms with Crippen molar-refractivity contribution in [3.63, 3.8) is 0 Å². The van der Waals surface area contributed by atoms with Crippen molar-refractivity contribution in [3.05, 3.63) is 12.3 Å². The number of nitrogens with one attached hydrogen (secondary N) is 3. The third-order valence-corrected chi connectivity index (χ3v) is 12.8. The van der Waals surface area contributed by atoms with Crippen molar-refractivity contribution in [2.45, 2.75) is 193 Å². The van der Waals surface area contributed by atoms with E-state index in [1.54, 1.807) is 0 Å². The molecule has 0 aromatic heterocycles. The average molecular weight is 1040 g/mol. The maximum atomic E-state index is 13.1. The van der Waals surface area contributed by atoms with Gasteiger partial charge in [-0.3, -0.25) is 28.8 Å². The maximum Gasteiger partial charge on any atom is 0.326 e. The number of carboxylic acid groups (broad SMARTS) is 2. The zero-order valence-corrected chi connectivity index (χ0v) is 44.8. The molecule has 0 saturated heterocycles. The number of carbonyl (C=O) groups excluding carboxylic acids is 5. The number of hydrogen-bond donors (Lipinski definition) is 5. The van der Waals surface area contributed by atoms with Gasteiger partial charge in [0.05, 0.1) is 52.9 Å². The van der Waals surface area contributed by atoms with Crippen LogP contribution in [0.4, 0.5) is 0 Å². The minimum absolute atomic E-state index is 0.00387. The molecule has 73 heavy (non-hydrogen) atoms. The second kappa shape index (κ2) is 47.9. The highest BCUT2D eigenvalue weighted by atomic mass is 16.5. The minimum Gasteiger partial charge on any atom is -0.481 e. The summed E-state index contributed by atoms with van der Waals surface area (Å²) >= 11 is 0. The summed E-state index contributed by atoms with van der Waals surface area (Å²) in [5.41, 5.74) is 0.638. The van der Waals surface area contributed by atoms with Crippen molar-refractivity contribution in [2.24, 2.45) is 11.8 Å². The molecule has 1 atom stereocenters. The molecule has 1 aliphatic carbocycles. The van der Waals surface area contributed by atoms with Gasteiger partial charge < -0.3 is 54.6 Å². The molecule has 0 heterocycles. The molecule has 18 nitrogen and oxygen atoms in total. The lowest BCUT2D eigenvalue weighted by Gasteiger charge is -2.28. The lowest BCUT2D eigenvalue weighted by molar-refractivity contribution is -0.143. The molecule has 1 fully saturated rings. The van der Waals surface area contributed by atoms with E-state index in [4.69, 9.17) is 33.5 Å². The summed E-state index contributed by atoms with van der Waals surface area (Å²) in [6.45, 7) is 8.93. The number of allylic oxidation sites excluding steroid dienone is 1. The number of rotatable bonds is 54. The van der Waals surface area contributed by atoms with Crippen LogP contribution in [0, 0.1) is 11.8 Å². The molecule has 18 heteroatoms. The van der Waals surface area contributed by atoms with Crippen LogP contribution in [0.25, 0.3) is 0 Å². The smallest absolute Gasteiger partial charge is 0.326 e. The van der Waals surface area contributed by atoms with Gasteiger partial charge >= 0.3 is 11.9 Å². The standard InChI is InChI=1S/C55H97N3O15/c1-45(56-31-34-69-38-41-73-44-52(62)57-32-35-70-37-40-72-43-50(61)21-19-33-68-36-39-71-42-46(2)59)23-30-51(55(66)67)58-54(65)48-27-24-47(25-28-48)26-29-49(60)20-17-15-13-11-9-7-5-3-4-6-8-10-12-14-16-18-22-53(63)64/h47-48,51,56H,1,3-44H2,2H3,(H,57,62)(H,58,65)(H,63,64)(H,66,67)/t47?,48?,51-/m0/s1. The molecule has 1 saturated carbocycles. The van der Waals surface area contributed by atoms with Crippen LogP contribution in [0.15, 0.2) is 12.3 Å². The first-order chi connectivity index (χ1) is 35.4. The maximum absolute atomic E-state index is 13.1. The highest BCUT2D eigenvalue weighted by molar-refractivity contribution is 5.85. The zero-order chi connectivity index (χ0) is 53.4. The minimum atomic E-state index is -1.08. The zero-order valence-electron chi connectivity index (χ0n) is 44.8. The molecular weight excluding hydrogens is 943 g/mol. The van der Waals surface area contributed by atoms with E-state index in [9.17, 15) is 38.7 Å². The summed E-state index contributed by atoms with van der Waals surface area (Å²) in [5.74, 6) is -1.81. The molecule has 0 bridgehead atoms. The number of ether oxygens (including phenoxy) is 6. The highest BCUT2D eigenvalue weighted by Crippen LogP contribution is 2.32. The Morgan fingerprint density at radius 2 is 0.959 bits per heavy atom. The SMILES string of the molecule is C=C(CC[C@H](NC(=O)C1CCC(CCC(=O)CCCCCCCCCCCCCCCCCCC(=O)O)CC1)C(=O)O)NCCOCCOCC(=O)NCCOCCOCC(=O)CCCOCCOCC(C)=O. The number of amides is 2. The first kappa shape index (κ1) is 67.2. The molecule has 0 radical (unpaired) electrons. The second-order valence-electron chi connectivity index (χ2n) is 19.5. The van der Waals surface area contributed by atoms with E-state index in [1.807, 2.05) is 0 Å². The lowest BCUT2D eigenvalue weighted by Crippen LogP contribution is -2.44. The normalized spacial score (nSPS) is 14.9. The Hall–Kier alpha value is -3.81. The van der Waals surface area contributed by atoms with Gasteiger partial charge in [-0.05, 0) is 77.0 Å². The van der Waals surface area contributed by atoms with Crippen molar-refractivity contribution in [1.82, 2.24) is 16.0 Å². The van der Waals surface area contributed by atoms with Gasteiger partial charge in [-0.25, -0.2) is 4.79 Å². The average Bonchev–Trinajstić information content (AvgIpc) is 3.36. The number of carbonyl (C=O) groups is 7. The molecule has 0 unspecified atom stereocenters. The Labute approximate surface area is 437 Å². The van der Waals surface area contributed by atoms with E-state index in [-0.39, 0.29) is 88.6 Å². The van der Waals surface area contributed by atoms with Gasteiger partial charge in [-0.15, -0.1) is 0 Å². The molecule has 5 N–H and O–H groups in total. The van der Waals surface area contributed by atoms with Gasteiger partial charge in [0.25, 0.3) is 0 Å². The predicted octanol–water partition coefficient (Wildman–Crippen LogP) is 7.86. The first-order valence-corrected chi connectivity index (χ1v) is 27.8. The molecule has 0 aliphatic heterocycles. The van der Waals surface area contributed by atoms with E-state index >= 15 is 0 Å². The number of aliphatic carboxylic acids is 2. The van der Waals surface area contributed by atoms with Crippen molar-refractivity contribution in [2.75, 3.05) is 92.4 Å². The Bertz CT molecular complexity index is 1490. The fourth-order valence-corrected chi connectivity index (χ4v) is 8.51. The van der Waals surface area contributed by atoms with Gasteiger partial charge in [0.15, 0.2) is 11.6 Å². The Morgan fingerprint density at radius 3 is 1.49 bits per heavy atom. The van der Waals surface area contributed by atoms with E-state index in [2.05, 4.69) is 22.5 Å². The van der Waals surface area contributed by atoms with Crippen LogP contribution in [0.1, 0.15) is 187 Å². The number of Topliss-reactive ketones (excluding diaryl/α,β-unsaturated/α-hetero) is 3. The molecular formula is C55H97N3O15. The van der Waals surface area contributed by atoms with Gasteiger partial charge in [-0.2, -0.15) is 0 Å². The van der Waals surface area contributed by atoms with Crippen molar-refractivity contribution in [1.29, 1.82) is 0 Å². The number of unbranched alkanes of at least 4 members (excludes halogenated alkanes) is 15. The van der Waals surface area contributed by atoms with E-state index in [1.165, 1.54) is 77.6 Å². The predicted molar refractivity (Wildman–Crippen MR) is 279 cm³/mol. The van der Waals surface area contributed by atoms with Crippen LogP contribution in [0.5, 0.6) is 0 Å². The summed E-state index contributed by atoms with van der Waals surface area (Å²) in [4.78, 5) is 82.9. The van der Waals surface area contributed by atoms with E-state index < -0.39 is 18.0 Å². The summed E-state index contributed by atoms with van der Waals surface area (Å²) in [6.07, 6.45) is 26.1. The molecule has 2 amide bonds. The van der Waals surface area contributed by atoms with Crippen molar-refractivity contribution >= 4 is 41.1 Å². The first-order valence-electron chi connectivity index (χ1n) is 27.8. The van der Waals surface area contributed by atoms with Gasteiger partial charge in [0.1, 0.15) is 31.6 Å². The monoisotopic (exact) mass is 1040 g/mol. The summed E-state index contributed by atoms with van der Waals surface area (Å²) in [7, 11) is 0. The molecule has 0 spiro atoms. The van der Waals surface area contributed by atoms with Crippen molar-refractivity contribution < 1.29 is 72.2 Å². The Morgan fingerprint density at radius 1 is 0.493 bits per heavy atom. The van der Waals surface area contributed by atoms with Gasteiger partial charge in [0, 0.05) is 57.0 Å². The topological polar surface area (TPSA) is 251 Å². The van der Waals surface area contributed by atoms with Crippen LogP contribution in [0.3, 0.4) is 0 Å². The second-order valence-corrected chi connectivity index (χ2v) is 19.5. The molecule has 0 aromatic rings. The van der Waals surface area contributed by atoms with Crippen LogP contribution in [-0.2, 0) is 62.0 Å². The van der Waals surface area contributed by atoms with E-state index in [0.717, 1.165) is 51.4 Å². The van der Waals surface area contributed by atoms with Gasteiger partial charge in [-0.1, -0.05) is 96.5 Å². The quantitative estimate of drug-likeness (QED) is 0.0364. The molecule has 1 aliphatic rings. The number of hydrogen-bond acceptors (Lipinski definition) is 14. The lowest BCUT2D eigenvalue weighted by atomic mass is 9.79. The van der Waals surface area contributed by atoms with Crippen LogP contribution >= 0.6 is 0 Å². The summed E-state index contributed by atoms with van der Waals surface area (Å²) in [5, 5.41) is 27.1. The summed E-state index contributed by atoms with van der Waals surface area (Å²) in [6, 6.07) is -1.02. The van der Waals surface area contributed by atoms with Crippen LogP contribution in [-0.4, -0.2) is 150 Å². The molecule has 0 aromatic carbocycles. The third kappa shape index (κ3) is 44.2. The van der Waals surface area contributed by atoms with E-state index in [0.29, 0.717) is 108 Å². The Kier molecular flexibility index (Phi) is 44.1. The highest BCUT2D eigenvalue weighted by Gasteiger charge is 2.29. The summed E-state index contributed by atoms with van der Waals surface area (Å²) < 4.78 is 32.1. The molecule has 422 valence electrons. The van der Waals surface area contributed by atoms with Gasteiger partial charge in [0.2, 0.25) is 11.8 Å². The fourth-order valence-electron chi connectivity index (χ4n) is 8.51. The fraction of sp³-hybridized carbons (Fsp3) is 0.836. The number of ketones is 3.